The zero-order valence-electron chi connectivity index (χ0n) is 6.37. The maximum atomic E-state index is 9.96. The molecule has 0 bridgehead atoms. The summed E-state index contributed by atoms with van der Waals surface area (Å²) in [6.45, 7) is 0.404. The van der Waals surface area contributed by atoms with Gasteiger partial charge in [0.2, 0.25) is 0 Å². The fourth-order valence-corrected chi connectivity index (χ4v) is 1.04. The molecule has 0 amide bonds. The van der Waals surface area contributed by atoms with Crippen LogP contribution in [0.15, 0.2) is 22.9 Å². The molecule has 4 heteroatoms. The highest BCUT2D eigenvalue weighted by atomic mass is 79.9. The van der Waals surface area contributed by atoms with E-state index in [4.69, 9.17) is 4.74 Å². The van der Waals surface area contributed by atoms with Crippen molar-refractivity contribution in [3.63, 3.8) is 0 Å². The van der Waals surface area contributed by atoms with Gasteiger partial charge in [-0.15, -0.1) is 0 Å². The molecule has 1 aromatic rings. The number of carbonyl (C=O) groups is 1. The fourth-order valence-electron chi connectivity index (χ4n) is 0.696. The molecule has 0 saturated carbocycles. The first kappa shape index (κ1) is 9.19. The van der Waals surface area contributed by atoms with Gasteiger partial charge in [0.1, 0.15) is 12.0 Å². The largest absolute Gasteiger partial charge is 0.491 e. The monoisotopic (exact) mass is 229 g/mol. The summed E-state index contributed by atoms with van der Waals surface area (Å²) in [7, 11) is 0. The molecule has 0 fully saturated rings. The first-order chi connectivity index (χ1) is 5.83. The van der Waals surface area contributed by atoms with Gasteiger partial charge in [0.05, 0.1) is 12.8 Å². The zero-order chi connectivity index (χ0) is 8.81. The Morgan fingerprint density at radius 1 is 1.58 bits per heavy atom. The van der Waals surface area contributed by atoms with Crippen molar-refractivity contribution < 1.29 is 9.53 Å². The Hall–Kier alpha value is -0.900. The minimum absolute atomic E-state index is 0.404. The van der Waals surface area contributed by atoms with Crippen LogP contribution in [0.4, 0.5) is 0 Å². The van der Waals surface area contributed by atoms with E-state index in [-0.39, 0.29) is 0 Å². The van der Waals surface area contributed by atoms with Crippen LogP contribution in [0.25, 0.3) is 0 Å². The molecule has 0 saturated heterocycles. The number of nitrogens with zero attached hydrogens (tertiary/aromatic N) is 1. The smallest absolute Gasteiger partial charge is 0.138 e. The van der Waals surface area contributed by atoms with Gasteiger partial charge in [-0.25, -0.2) is 0 Å². The molecular weight excluding hydrogens is 222 g/mol. The number of aldehydes is 1. The van der Waals surface area contributed by atoms with Gasteiger partial charge in [-0.05, 0) is 22.0 Å². The van der Waals surface area contributed by atoms with Crippen molar-refractivity contribution in [3.05, 3.63) is 22.9 Å². The zero-order valence-corrected chi connectivity index (χ0v) is 7.95. The molecule has 0 radical (unpaired) electrons. The summed E-state index contributed by atoms with van der Waals surface area (Å²) < 4.78 is 6.07. The lowest BCUT2D eigenvalue weighted by Gasteiger charge is -2.02. The molecule has 1 heterocycles. The maximum absolute atomic E-state index is 9.96. The van der Waals surface area contributed by atoms with Gasteiger partial charge in [0.15, 0.2) is 0 Å². The highest BCUT2D eigenvalue weighted by Crippen LogP contribution is 2.15. The second-order valence-corrected chi connectivity index (χ2v) is 3.06. The Bertz CT molecular complexity index is 265. The average Bonchev–Trinajstić information content (AvgIpc) is 2.05. The maximum Gasteiger partial charge on any atom is 0.138 e. The van der Waals surface area contributed by atoms with Crippen molar-refractivity contribution >= 4 is 22.2 Å². The molecule has 64 valence electrons. The van der Waals surface area contributed by atoms with Crippen molar-refractivity contribution in [1.82, 2.24) is 4.98 Å². The van der Waals surface area contributed by atoms with Crippen LogP contribution in [0, 0.1) is 0 Å². The van der Waals surface area contributed by atoms with Crippen LogP contribution >= 0.6 is 15.9 Å². The van der Waals surface area contributed by atoms with Gasteiger partial charge in [-0.2, -0.15) is 0 Å². The molecule has 0 spiro atoms. The molecule has 0 aromatic carbocycles. The second kappa shape index (κ2) is 4.87. The van der Waals surface area contributed by atoms with Gasteiger partial charge in [0, 0.05) is 17.1 Å². The van der Waals surface area contributed by atoms with E-state index in [0.717, 1.165) is 10.8 Å². The summed E-state index contributed by atoms with van der Waals surface area (Å²) in [5.74, 6) is 0.672. The number of halogens is 1. The normalized spacial score (nSPS) is 9.42. The molecular formula is C8H8BrNO2. The third-order valence-electron chi connectivity index (χ3n) is 1.18. The number of aromatic nitrogens is 1. The lowest BCUT2D eigenvalue weighted by atomic mass is 10.4. The van der Waals surface area contributed by atoms with Crippen LogP contribution in [0.3, 0.4) is 0 Å². The quantitative estimate of drug-likeness (QED) is 0.584. The number of hydrogen-bond donors (Lipinski definition) is 0. The van der Waals surface area contributed by atoms with E-state index in [1.807, 2.05) is 0 Å². The van der Waals surface area contributed by atoms with E-state index in [0.29, 0.717) is 18.8 Å². The Morgan fingerprint density at radius 2 is 2.42 bits per heavy atom. The molecule has 0 unspecified atom stereocenters. The first-order valence-electron chi connectivity index (χ1n) is 3.50. The van der Waals surface area contributed by atoms with Crippen LogP contribution in [0.1, 0.15) is 6.42 Å². The van der Waals surface area contributed by atoms with Crippen molar-refractivity contribution in [2.45, 2.75) is 6.42 Å². The number of rotatable bonds is 4. The summed E-state index contributed by atoms with van der Waals surface area (Å²) in [4.78, 5) is 13.9. The number of ether oxygens (including phenoxy) is 1. The lowest BCUT2D eigenvalue weighted by molar-refractivity contribution is -0.108. The van der Waals surface area contributed by atoms with Crippen molar-refractivity contribution in [2.24, 2.45) is 0 Å². The Labute approximate surface area is 78.9 Å². The standard InChI is InChI=1S/C8H8BrNO2/c9-7-4-8(6-10-5-7)12-3-1-2-11/h2,4-6H,1,3H2. The highest BCUT2D eigenvalue weighted by Gasteiger charge is 1.93. The van der Waals surface area contributed by atoms with Crippen molar-refractivity contribution in [1.29, 1.82) is 0 Å². The second-order valence-electron chi connectivity index (χ2n) is 2.14. The number of carbonyl (C=O) groups excluding carboxylic acids is 1. The Kier molecular flexibility index (Phi) is 3.73. The minimum Gasteiger partial charge on any atom is -0.491 e. The number of pyridine rings is 1. The van der Waals surface area contributed by atoms with Gasteiger partial charge in [-0.1, -0.05) is 0 Å². The summed E-state index contributed by atoms with van der Waals surface area (Å²) in [5.41, 5.74) is 0. The van der Waals surface area contributed by atoms with Gasteiger partial charge < -0.3 is 9.53 Å². The van der Waals surface area contributed by atoms with Crippen LogP contribution in [0.5, 0.6) is 5.75 Å². The molecule has 0 aliphatic rings. The van der Waals surface area contributed by atoms with Crippen LogP contribution in [-0.2, 0) is 4.79 Å². The van der Waals surface area contributed by atoms with E-state index < -0.39 is 0 Å². The lowest BCUT2D eigenvalue weighted by Crippen LogP contribution is -1.97. The predicted molar refractivity (Wildman–Crippen MR) is 48.1 cm³/mol. The van der Waals surface area contributed by atoms with Crippen LogP contribution < -0.4 is 4.74 Å². The summed E-state index contributed by atoms with van der Waals surface area (Å²) in [6, 6.07) is 1.80. The third kappa shape index (κ3) is 3.00. The highest BCUT2D eigenvalue weighted by molar-refractivity contribution is 9.10. The van der Waals surface area contributed by atoms with E-state index in [2.05, 4.69) is 20.9 Å². The Morgan fingerprint density at radius 3 is 3.08 bits per heavy atom. The molecule has 0 aliphatic carbocycles. The van der Waals surface area contributed by atoms with E-state index in [9.17, 15) is 4.79 Å². The summed E-state index contributed by atoms with van der Waals surface area (Å²) in [5, 5.41) is 0. The minimum atomic E-state index is 0.404. The van der Waals surface area contributed by atoms with E-state index in [1.54, 1.807) is 18.5 Å². The van der Waals surface area contributed by atoms with Gasteiger partial charge >= 0.3 is 0 Å². The van der Waals surface area contributed by atoms with Gasteiger partial charge in [0.25, 0.3) is 0 Å². The molecule has 12 heavy (non-hydrogen) atoms. The topological polar surface area (TPSA) is 39.2 Å². The van der Waals surface area contributed by atoms with Gasteiger partial charge in [-0.3, -0.25) is 4.98 Å². The Balaban J connectivity index is 2.46. The van der Waals surface area contributed by atoms with Crippen molar-refractivity contribution in [2.75, 3.05) is 6.61 Å². The molecule has 1 rings (SSSR count). The van der Waals surface area contributed by atoms with E-state index in [1.165, 1.54) is 0 Å². The molecule has 0 atom stereocenters. The SMILES string of the molecule is O=CCCOc1cncc(Br)c1. The van der Waals surface area contributed by atoms with Crippen LogP contribution in [0.2, 0.25) is 0 Å². The average molecular weight is 230 g/mol. The van der Waals surface area contributed by atoms with Crippen molar-refractivity contribution in [3.8, 4) is 5.75 Å². The van der Waals surface area contributed by atoms with Crippen LogP contribution in [-0.4, -0.2) is 17.9 Å². The predicted octanol–water partition coefficient (Wildman–Crippen LogP) is 1.81. The molecule has 1 aromatic heterocycles. The molecule has 0 aliphatic heterocycles. The third-order valence-corrected chi connectivity index (χ3v) is 1.62. The number of hydrogen-bond acceptors (Lipinski definition) is 3. The molecule has 3 nitrogen and oxygen atoms in total. The fraction of sp³-hybridized carbons (Fsp3) is 0.250. The summed E-state index contributed by atoms with van der Waals surface area (Å²) in [6.07, 6.45) is 4.51. The first-order valence-corrected chi connectivity index (χ1v) is 4.29. The summed E-state index contributed by atoms with van der Waals surface area (Å²) >= 11 is 3.26. The molecule has 0 N–H and O–H groups in total. The van der Waals surface area contributed by atoms with E-state index >= 15 is 0 Å².